The summed E-state index contributed by atoms with van der Waals surface area (Å²) in [4.78, 5) is 13.6. The van der Waals surface area contributed by atoms with E-state index in [-0.39, 0.29) is 6.03 Å². The van der Waals surface area contributed by atoms with E-state index in [4.69, 9.17) is 0 Å². The first-order valence-electron chi connectivity index (χ1n) is 6.67. The van der Waals surface area contributed by atoms with Crippen molar-refractivity contribution in [3.63, 3.8) is 0 Å². The molecule has 0 saturated heterocycles. The Bertz CT molecular complexity index is 268. The summed E-state index contributed by atoms with van der Waals surface area (Å²) < 4.78 is 0. The molecule has 1 rings (SSSR count). The summed E-state index contributed by atoms with van der Waals surface area (Å²) in [5.74, 6) is 0. The van der Waals surface area contributed by atoms with E-state index in [1.165, 1.54) is 6.42 Å². The SMILES string of the molecule is CCN(C)C(=O)NC1CC(C)(C)CC(C)(C)C1. The highest BCUT2D eigenvalue weighted by molar-refractivity contribution is 5.74. The third kappa shape index (κ3) is 4.21. The molecule has 0 bridgehead atoms. The lowest BCUT2D eigenvalue weighted by molar-refractivity contribution is 0.0859. The molecular weight excluding hydrogens is 212 g/mol. The van der Waals surface area contributed by atoms with Gasteiger partial charge in [-0.05, 0) is 37.0 Å². The average Bonchev–Trinajstić information content (AvgIpc) is 2.11. The minimum atomic E-state index is 0.0611. The van der Waals surface area contributed by atoms with Crippen molar-refractivity contribution in [2.75, 3.05) is 13.6 Å². The van der Waals surface area contributed by atoms with Gasteiger partial charge < -0.3 is 10.2 Å². The van der Waals surface area contributed by atoms with Crippen LogP contribution in [0, 0.1) is 10.8 Å². The van der Waals surface area contributed by atoms with Gasteiger partial charge in [0.1, 0.15) is 0 Å². The molecule has 0 spiro atoms. The van der Waals surface area contributed by atoms with Gasteiger partial charge >= 0.3 is 6.03 Å². The molecule has 100 valence electrons. The van der Waals surface area contributed by atoms with Gasteiger partial charge in [-0.25, -0.2) is 4.79 Å². The van der Waals surface area contributed by atoms with Crippen LogP contribution >= 0.6 is 0 Å². The Morgan fingerprint density at radius 2 is 1.71 bits per heavy atom. The number of carbonyl (C=O) groups excluding carboxylic acids is 1. The predicted octanol–water partition coefficient (Wildman–Crippen LogP) is 3.25. The molecule has 0 aromatic heterocycles. The first-order valence-corrected chi connectivity index (χ1v) is 6.67. The van der Waals surface area contributed by atoms with Crippen LogP contribution < -0.4 is 5.32 Å². The Balaban J connectivity index is 2.63. The molecule has 0 aromatic carbocycles. The number of carbonyl (C=O) groups is 1. The van der Waals surface area contributed by atoms with Crippen LogP contribution in [0.4, 0.5) is 4.79 Å². The quantitative estimate of drug-likeness (QED) is 0.789. The van der Waals surface area contributed by atoms with E-state index in [1.54, 1.807) is 4.90 Å². The van der Waals surface area contributed by atoms with Crippen LogP contribution in [0.15, 0.2) is 0 Å². The molecule has 0 heterocycles. The standard InChI is InChI=1S/C14H28N2O/c1-7-16(6)12(17)15-11-8-13(2,3)10-14(4,5)9-11/h11H,7-10H2,1-6H3,(H,15,17). The Morgan fingerprint density at radius 3 is 2.12 bits per heavy atom. The van der Waals surface area contributed by atoms with Crippen LogP contribution in [0.1, 0.15) is 53.9 Å². The monoisotopic (exact) mass is 240 g/mol. The van der Waals surface area contributed by atoms with E-state index in [1.807, 2.05) is 14.0 Å². The van der Waals surface area contributed by atoms with Crippen molar-refractivity contribution >= 4 is 6.03 Å². The number of nitrogens with zero attached hydrogens (tertiary/aromatic N) is 1. The van der Waals surface area contributed by atoms with E-state index in [0.717, 1.165) is 19.4 Å². The summed E-state index contributed by atoms with van der Waals surface area (Å²) in [6, 6.07) is 0.376. The number of nitrogens with one attached hydrogen (secondary N) is 1. The lowest BCUT2D eigenvalue weighted by Gasteiger charge is -2.45. The van der Waals surface area contributed by atoms with Gasteiger partial charge in [0.25, 0.3) is 0 Å². The topological polar surface area (TPSA) is 32.3 Å². The molecule has 1 N–H and O–H groups in total. The minimum Gasteiger partial charge on any atom is -0.335 e. The highest BCUT2D eigenvalue weighted by atomic mass is 16.2. The van der Waals surface area contributed by atoms with Crippen molar-refractivity contribution in [1.29, 1.82) is 0 Å². The summed E-state index contributed by atoms with van der Waals surface area (Å²) in [6.07, 6.45) is 3.40. The van der Waals surface area contributed by atoms with Crippen LogP contribution in [0.5, 0.6) is 0 Å². The van der Waals surface area contributed by atoms with Gasteiger partial charge in [0, 0.05) is 19.6 Å². The summed E-state index contributed by atoms with van der Waals surface area (Å²) in [6.45, 7) is 12.0. The highest BCUT2D eigenvalue weighted by Crippen LogP contribution is 2.45. The molecule has 1 aliphatic rings. The third-order valence-electron chi connectivity index (χ3n) is 3.70. The molecule has 2 amide bonds. The molecule has 1 fully saturated rings. The van der Waals surface area contributed by atoms with Gasteiger partial charge in [-0.2, -0.15) is 0 Å². The first kappa shape index (κ1) is 14.3. The fourth-order valence-corrected chi connectivity index (χ4v) is 3.38. The van der Waals surface area contributed by atoms with Crippen molar-refractivity contribution in [2.24, 2.45) is 10.8 Å². The van der Waals surface area contributed by atoms with Gasteiger partial charge in [-0.15, -0.1) is 0 Å². The fraction of sp³-hybridized carbons (Fsp3) is 0.929. The van der Waals surface area contributed by atoms with Crippen molar-refractivity contribution in [3.05, 3.63) is 0 Å². The van der Waals surface area contributed by atoms with E-state index >= 15 is 0 Å². The van der Waals surface area contributed by atoms with Gasteiger partial charge in [0.05, 0.1) is 0 Å². The Kier molecular flexibility index (Phi) is 4.11. The largest absolute Gasteiger partial charge is 0.335 e. The van der Waals surface area contributed by atoms with Gasteiger partial charge in [-0.1, -0.05) is 27.7 Å². The van der Waals surface area contributed by atoms with Crippen LogP contribution in [0.2, 0.25) is 0 Å². The number of hydrogen-bond donors (Lipinski definition) is 1. The highest BCUT2D eigenvalue weighted by Gasteiger charge is 2.39. The average molecular weight is 240 g/mol. The molecule has 3 heteroatoms. The third-order valence-corrected chi connectivity index (χ3v) is 3.70. The Labute approximate surface area is 106 Å². The Hall–Kier alpha value is -0.730. The molecule has 1 aliphatic carbocycles. The molecule has 0 atom stereocenters. The van der Waals surface area contributed by atoms with Crippen molar-refractivity contribution in [1.82, 2.24) is 10.2 Å². The normalized spacial score (nSPS) is 23.2. The Morgan fingerprint density at radius 1 is 1.24 bits per heavy atom. The molecule has 17 heavy (non-hydrogen) atoms. The number of amides is 2. The summed E-state index contributed by atoms with van der Waals surface area (Å²) in [5.41, 5.74) is 0.648. The maximum Gasteiger partial charge on any atom is 0.317 e. The molecule has 0 aliphatic heterocycles. The molecule has 0 unspecified atom stereocenters. The second kappa shape index (κ2) is 4.87. The summed E-state index contributed by atoms with van der Waals surface area (Å²) in [7, 11) is 1.84. The zero-order chi connectivity index (χ0) is 13.3. The zero-order valence-electron chi connectivity index (χ0n) is 12.3. The van der Waals surface area contributed by atoms with E-state index < -0.39 is 0 Å². The smallest absolute Gasteiger partial charge is 0.317 e. The second-order valence-electron chi connectivity index (χ2n) is 7.07. The van der Waals surface area contributed by atoms with E-state index in [2.05, 4.69) is 33.0 Å². The lowest BCUT2D eigenvalue weighted by Crippen LogP contribution is -2.49. The van der Waals surface area contributed by atoms with Gasteiger partial charge in [0.15, 0.2) is 0 Å². The molecule has 1 saturated carbocycles. The number of rotatable bonds is 2. The summed E-state index contributed by atoms with van der Waals surface area (Å²) in [5, 5.41) is 3.17. The molecule has 3 nitrogen and oxygen atoms in total. The van der Waals surface area contributed by atoms with Crippen LogP contribution in [-0.4, -0.2) is 30.6 Å². The maximum absolute atomic E-state index is 11.9. The summed E-state index contributed by atoms with van der Waals surface area (Å²) >= 11 is 0. The van der Waals surface area contributed by atoms with Crippen molar-refractivity contribution < 1.29 is 4.79 Å². The van der Waals surface area contributed by atoms with Crippen LogP contribution in [0.3, 0.4) is 0 Å². The van der Waals surface area contributed by atoms with Crippen LogP contribution in [-0.2, 0) is 0 Å². The van der Waals surface area contributed by atoms with Crippen LogP contribution in [0.25, 0.3) is 0 Å². The maximum atomic E-state index is 11.9. The number of hydrogen-bond acceptors (Lipinski definition) is 1. The first-order chi connectivity index (χ1) is 7.65. The van der Waals surface area contributed by atoms with Gasteiger partial charge in [0.2, 0.25) is 0 Å². The zero-order valence-corrected chi connectivity index (χ0v) is 12.3. The molecule has 0 radical (unpaired) electrons. The number of urea groups is 1. The van der Waals surface area contributed by atoms with E-state index in [0.29, 0.717) is 16.9 Å². The van der Waals surface area contributed by atoms with Crippen molar-refractivity contribution in [3.8, 4) is 0 Å². The van der Waals surface area contributed by atoms with Gasteiger partial charge in [-0.3, -0.25) is 0 Å². The van der Waals surface area contributed by atoms with E-state index in [9.17, 15) is 4.79 Å². The minimum absolute atomic E-state index is 0.0611. The second-order valence-corrected chi connectivity index (χ2v) is 7.07. The fourth-order valence-electron chi connectivity index (χ4n) is 3.38. The molecule has 0 aromatic rings. The lowest BCUT2D eigenvalue weighted by atomic mass is 9.63. The predicted molar refractivity (Wildman–Crippen MR) is 72.0 cm³/mol. The van der Waals surface area contributed by atoms with Crippen molar-refractivity contribution in [2.45, 2.75) is 59.9 Å². The molecular formula is C14H28N2O.